The summed E-state index contributed by atoms with van der Waals surface area (Å²) in [6, 6.07) is 11.4. The molecule has 0 heterocycles. The van der Waals surface area contributed by atoms with Gasteiger partial charge in [0.15, 0.2) is 0 Å². The van der Waals surface area contributed by atoms with E-state index in [4.69, 9.17) is 0 Å². The first-order chi connectivity index (χ1) is 18.7. The molecule has 0 fully saturated rings. The lowest BCUT2D eigenvalue weighted by molar-refractivity contribution is 0.310. The van der Waals surface area contributed by atoms with E-state index in [1.807, 2.05) is 0 Å². The molecule has 0 amide bonds. The fourth-order valence-corrected chi connectivity index (χ4v) is 6.11. The molecule has 0 saturated carbocycles. The van der Waals surface area contributed by atoms with Gasteiger partial charge in [0.1, 0.15) is 5.69 Å². The van der Waals surface area contributed by atoms with Crippen LogP contribution in [0.1, 0.15) is 181 Å². The predicted molar refractivity (Wildman–Crippen MR) is 175 cm³/mol. The summed E-state index contributed by atoms with van der Waals surface area (Å²) in [6.07, 6.45) is 37.4. The van der Waals surface area contributed by atoms with Gasteiger partial charge in [-0.2, -0.15) is 0 Å². The number of hydrogen-bond acceptors (Lipinski definition) is 0. The molecule has 0 bridgehead atoms. The van der Waals surface area contributed by atoms with E-state index in [0.29, 0.717) is 0 Å². The van der Waals surface area contributed by atoms with Crippen molar-refractivity contribution in [2.24, 2.45) is 0 Å². The Hall–Kier alpha value is -0.820. The second-order valence-corrected chi connectivity index (χ2v) is 12.7. The van der Waals surface area contributed by atoms with E-state index in [2.05, 4.69) is 51.2 Å². The largest absolute Gasteiger partial charge is 0.294 e. The van der Waals surface area contributed by atoms with Crippen LogP contribution in [-0.4, -0.2) is 20.1 Å². The average molecular weight is 529 g/mol. The number of para-hydroxylation sites is 1. The minimum atomic E-state index is 1.14. The zero-order valence-electron chi connectivity index (χ0n) is 26.6. The number of hydrogen-bond donors (Lipinski definition) is 0. The van der Waals surface area contributed by atoms with Gasteiger partial charge in [-0.1, -0.05) is 173 Å². The van der Waals surface area contributed by atoms with Gasteiger partial charge in [-0.15, -0.1) is 0 Å². The minimum Gasteiger partial charge on any atom is -0.294 e. The molecule has 0 aliphatic carbocycles. The van der Waals surface area contributed by atoms with Crippen molar-refractivity contribution in [3.63, 3.8) is 0 Å². The van der Waals surface area contributed by atoms with Crippen molar-refractivity contribution in [1.82, 2.24) is 4.48 Å². The van der Waals surface area contributed by atoms with E-state index < -0.39 is 0 Å². The molecule has 0 unspecified atom stereocenters. The van der Waals surface area contributed by atoms with E-state index in [0.717, 1.165) is 4.48 Å². The molecule has 0 atom stereocenters. The van der Waals surface area contributed by atoms with E-state index in [-0.39, 0.29) is 0 Å². The first-order valence-corrected chi connectivity index (χ1v) is 17.6. The van der Waals surface area contributed by atoms with E-state index >= 15 is 0 Å². The Bertz CT molecular complexity index is 550. The molecule has 0 N–H and O–H groups in total. The molecule has 0 saturated heterocycles. The highest BCUT2D eigenvalue weighted by atomic mass is 15.3. The molecule has 0 radical (unpaired) electrons. The monoisotopic (exact) mass is 529 g/mol. The molecule has 1 heteroatoms. The summed E-state index contributed by atoms with van der Waals surface area (Å²) in [5.74, 6) is 0. The molecule has 0 aliphatic rings. The first-order valence-electron chi connectivity index (χ1n) is 17.6. The van der Waals surface area contributed by atoms with Crippen molar-refractivity contribution < 1.29 is 0 Å². The number of quaternary nitrogens is 1. The molecule has 1 rings (SSSR count). The Labute approximate surface area is 241 Å². The van der Waals surface area contributed by atoms with Crippen molar-refractivity contribution in [2.45, 2.75) is 181 Å². The fourth-order valence-electron chi connectivity index (χ4n) is 6.11. The first kappa shape index (κ1) is 35.2. The fraction of sp³-hybridized carbons (Fsp3) is 0.838. The lowest BCUT2D eigenvalue weighted by Crippen LogP contribution is -2.46. The van der Waals surface area contributed by atoms with Gasteiger partial charge in [-0.25, -0.2) is 0 Å². The van der Waals surface area contributed by atoms with Gasteiger partial charge in [0, 0.05) is 0 Å². The summed E-state index contributed by atoms with van der Waals surface area (Å²) in [5.41, 5.74) is 1.52. The summed E-state index contributed by atoms with van der Waals surface area (Å²) in [6.45, 7) is 7.23. The maximum Gasteiger partial charge on any atom is 0.132 e. The van der Waals surface area contributed by atoms with Crippen LogP contribution in [0.4, 0.5) is 5.69 Å². The molecular formula is C37H70N+. The van der Waals surface area contributed by atoms with Gasteiger partial charge >= 0.3 is 0 Å². The molecule has 1 aromatic carbocycles. The van der Waals surface area contributed by atoms with Crippen LogP contribution in [0.25, 0.3) is 0 Å². The second kappa shape index (κ2) is 26.4. The maximum atomic E-state index is 2.50. The van der Waals surface area contributed by atoms with Crippen LogP contribution in [0.2, 0.25) is 0 Å². The van der Waals surface area contributed by atoms with Gasteiger partial charge < -0.3 is 0 Å². The van der Waals surface area contributed by atoms with Crippen LogP contribution >= 0.6 is 0 Å². The van der Waals surface area contributed by atoms with E-state index in [1.165, 1.54) is 186 Å². The van der Waals surface area contributed by atoms with Crippen LogP contribution in [0, 0.1) is 0 Å². The third-order valence-corrected chi connectivity index (χ3v) is 8.89. The summed E-state index contributed by atoms with van der Waals surface area (Å²) in [4.78, 5) is 0. The van der Waals surface area contributed by atoms with Crippen LogP contribution < -0.4 is 4.48 Å². The molecule has 1 aromatic rings. The van der Waals surface area contributed by atoms with Gasteiger partial charge in [-0.05, 0) is 37.8 Å². The Morgan fingerprint density at radius 1 is 0.368 bits per heavy atom. The zero-order chi connectivity index (χ0) is 27.4. The van der Waals surface area contributed by atoms with E-state index in [9.17, 15) is 0 Å². The Balaban J connectivity index is 2.10. The number of unbranched alkanes of at least 4 members (excludes halogenated alkanes) is 24. The third kappa shape index (κ3) is 20.1. The number of benzene rings is 1. The topological polar surface area (TPSA) is 0 Å². The maximum absolute atomic E-state index is 2.50. The number of nitrogens with zero attached hydrogens (tertiary/aromatic N) is 1. The van der Waals surface area contributed by atoms with Crippen molar-refractivity contribution in [2.75, 3.05) is 20.1 Å². The van der Waals surface area contributed by atoms with Gasteiger partial charge in [0.05, 0.1) is 20.1 Å². The summed E-state index contributed by atoms with van der Waals surface area (Å²) in [7, 11) is 2.50. The standard InChI is InChI=1S/C37H70N/c1-4-6-8-10-12-14-16-18-20-22-24-26-31-35-38(3,37-33-29-28-30-34-37)36-32-27-25-23-21-19-17-15-13-11-9-7-5-2/h28-30,33-34H,4-27,31-32,35-36H2,1-3H3/q+1. The van der Waals surface area contributed by atoms with Crippen LogP contribution in [-0.2, 0) is 0 Å². The highest BCUT2D eigenvalue weighted by Crippen LogP contribution is 2.24. The summed E-state index contributed by atoms with van der Waals surface area (Å²) < 4.78 is 1.14. The smallest absolute Gasteiger partial charge is 0.132 e. The lowest BCUT2D eigenvalue weighted by atomic mass is 10.0. The van der Waals surface area contributed by atoms with Gasteiger partial charge in [0.25, 0.3) is 0 Å². The van der Waals surface area contributed by atoms with Crippen molar-refractivity contribution in [1.29, 1.82) is 0 Å². The summed E-state index contributed by atoms with van der Waals surface area (Å²) >= 11 is 0. The minimum absolute atomic E-state index is 1.14. The molecule has 1 nitrogen and oxygen atoms in total. The Kier molecular flexibility index (Phi) is 24.5. The van der Waals surface area contributed by atoms with Gasteiger partial charge in [0.2, 0.25) is 0 Å². The quantitative estimate of drug-likeness (QED) is 0.0716. The van der Waals surface area contributed by atoms with Crippen LogP contribution in [0.5, 0.6) is 0 Å². The predicted octanol–water partition coefficient (Wildman–Crippen LogP) is 12.8. The molecule has 0 spiro atoms. The lowest BCUT2D eigenvalue weighted by Gasteiger charge is -2.34. The van der Waals surface area contributed by atoms with E-state index in [1.54, 1.807) is 0 Å². The molecular weight excluding hydrogens is 458 g/mol. The van der Waals surface area contributed by atoms with Crippen molar-refractivity contribution >= 4 is 5.69 Å². The molecule has 0 aromatic heterocycles. The second-order valence-electron chi connectivity index (χ2n) is 12.7. The molecule has 222 valence electrons. The molecule has 0 aliphatic heterocycles. The van der Waals surface area contributed by atoms with Crippen LogP contribution in [0.15, 0.2) is 30.3 Å². The Morgan fingerprint density at radius 3 is 0.921 bits per heavy atom. The van der Waals surface area contributed by atoms with Crippen LogP contribution in [0.3, 0.4) is 0 Å². The zero-order valence-corrected chi connectivity index (χ0v) is 26.6. The van der Waals surface area contributed by atoms with Crippen molar-refractivity contribution in [3.8, 4) is 0 Å². The third-order valence-electron chi connectivity index (χ3n) is 8.89. The summed E-state index contributed by atoms with van der Waals surface area (Å²) in [5, 5.41) is 0. The number of rotatable bonds is 29. The molecule has 38 heavy (non-hydrogen) atoms. The average Bonchev–Trinajstić information content (AvgIpc) is 2.94. The highest BCUT2D eigenvalue weighted by Gasteiger charge is 2.23. The van der Waals surface area contributed by atoms with Gasteiger partial charge in [-0.3, -0.25) is 4.48 Å². The van der Waals surface area contributed by atoms with Crippen molar-refractivity contribution in [3.05, 3.63) is 30.3 Å². The SMILES string of the molecule is CCCCCCCCCCCCCCC[N+](C)(CCCCCCCCCCCCCCC)c1ccccc1. The highest BCUT2D eigenvalue weighted by molar-refractivity contribution is 5.41. The Morgan fingerprint density at radius 2 is 0.632 bits per heavy atom. The normalized spacial score (nSPS) is 11.9.